The third-order valence-electron chi connectivity index (χ3n) is 2.33. The lowest BCUT2D eigenvalue weighted by Gasteiger charge is -2.01. The molecule has 5 nitrogen and oxygen atoms in total. The minimum absolute atomic E-state index is 0. The normalized spacial score (nSPS) is 9.65. The quantitative estimate of drug-likeness (QED) is 0.737. The average molecular weight is 233 g/mol. The van der Waals surface area contributed by atoms with Crippen LogP contribution in [0.1, 0.15) is 20.7 Å². The molecule has 2 aromatic rings. The lowest BCUT2D eigenvalue weighted by molar-refractivity contribution is 0.0686. The third-order valence-corrected chi connectivity index (χ3v) is 2.33. The number of benzene rings is 2. The Balaban J connectivity index is 0.00000144. The zero-order chi connectivity index (χ0) is 11.7. The summed E-state index contributed by atoms with van der Waals surface area (Å²) in [5.74, 6) is -1.99. The van der Waals surface area contributed by atoms with E-state index in [9.17, 15) is 9.59 Å². The molecule has 0 saturated heterocycles. The van der Waals surface area contributed by atoms with Gasteiger partial charge in [0.25, 0.3) is 0 Å². The monoisotopic (exact) mass is 233 g/mol. The summed E-state index contributed by atoms with van der Waals surface area (Å²) in [6.07, 6.45) is 0. The van der Waals surface area contributed by atoms with Crippen LogP contribution in [0.3, 0.4) is 0 Å². The minimum Gasteiger partial charge on any atom is -0.478 e. The molecule has 5 N–H and O–H groups in total. The average Bonchev–Trinajstić information content (AvgIpc) is 2.27. The molecule has 0 unspecified atom stereocenters. The minimum atomic E-state index is -0.996. The van der Waals surface area contributed by atoms with E-state index in [4.69, 9.17) is 10.2 Å². The second-order valence-corrected chi connectivity index (χ2v) is 3.39. The first kappa shape index (κ1) is 12.7. The van der Waals surface area contributed by atoms with Gasteiger partial charge >= 0.3 is 11.9 Å². The fourth-order valence-electron chi connectivity index (χ4n) is 1.51. The molecule has 0 saturated carbocycles. The molecule has 0 spiro atoms. The van der Waals surface area contributed by atoms with Crippen LogP contribution in [0.25, 0.3) is 10.8 Å². The topological polar surface area (TPSA) is 110 Å². The van der Waals surface area contributed by atoms with Crippen LogP contribution < -0.4 is 6.15 Å². The van der Waals surface area contributed by atoms with Gasteiger partial charge in [0.15, 0.2) is 0 Å². The van der Waals surface area contributed by atoms with Crippen LogP contribution in [0, 0.1) is 0 Å². The van der Waals surface area contributed by atoms with Crippen molar-refractivity contribution in [3.8, 4) is 0 Å². The van der Waals surface area contributed by atoms with Gasteiger partial charge in [-0.25, -0.2) is 9.59 Å². The number of rotatable bonds is 2. The maximum absolute atomic E-state index is 10.7. The van der Waals surface area contributed by atoms with Crippen molar-refractivity contribution in [2.24, 2.45) is 0 Å². The summed E-state index contributed by atoms with van der Waals surface area (Å²) in [5, 5.41) is 19.0. The van der Waals surface area contributed by atoms with Gasteiger partial charge in [0.1, 0.15) is 0 Å². The van der Waals surface area contributed by atoms with Crippen molar-refractivity contribution in [1.82, 2.24) is 6.15 Å². The molecule has 5 heteroatoms. The van der Waals surface area contributed by atoms with E-state index >= 15 is 0 Å². The molecule has 0 bridgehead atoms. The maximum atomic E-state index is 10.7. The van der Waals surface area contributed by atoms with Gasteiger partial charge in [0.2, 0.25) is 0 Å². The summed E-state index contributed by atoms with van der Waals surface area (Å²) in [5.41, 5.74) is 0.381. The molecule has 0 amide bonds. The molecule has 0 aliphatic carbocycles. The van der Waals surface area contributed by atoms with Crippen LogP contribution in [0.4, 0.5) is 0 Å². The highest BCUT2D eigenvalue weighted by Crippen LogP contribution is 2.18. The maximum Gasteiger partial charge on any atom is 0.335 e. The molecule has 2 rings (SSSR count). The number of fused-ring (bicyclic) bond motifs is 1. The van der Waals surface area contributed by atoms with E-state index < -0.39 is 11.9 Å². The van der Waals surface area contributed by atoms with Crippen LogP contribution >= 0.6 is 0 Å². The van der Waals surface area contributed by atoms with Crippen molar-refractivity contribution < 1.29 is 19.8 Å². The molecular weight excluding hydrogens is 222 g/mol. The highest BCUT2D eigenvalue weighted by molar-refractivity contribution is 5.97. The summed E-state index contributed by atoms with van der Waals surface area (Å²) in [7, 11) is 0. The zero-order valence-electron chi connectivity index (χ0n) is 8.88. The SMILES string of the molecule is N.O=C(O)c1ccc2cc(C(=O)O)ccc2c1. The fourth-order valence-corrected chi connectivity index (χ4v) is 1.51. The van der Waals surface area contributed by atoms with E-state index in [2.05, 4.69) is 0 Å². The summed E-state index contributed by atoms with van der Waals surface area (Å²) in [6.45, 7) is 0. The predicted octanol–water partition coefficient (Wildman–Crippen LogP) is 2.40. The number of carbonyl (C=O) groups is 2. The fraction of sp³-hybridized carbons (Fsp3) is 0. The molecule has 0 aromatic heterocycles. The summed E-state index contributed by atoms with van der Waals surface area (Å²) in [6, 6.07) is 9.15. The van der Waals surface area contributed by atoms with Crippen LogP contribution in [0.5, 0.6) is 0 Å². The lowest BCUT2D eigenvalue weighted by atomic mass is 10.0. The molecule has 0 heterocycles. The number of hydrogen-bond acceptors (Lipinski definition) is 3. The van der Waals surface area contributed by atoms with Crippen LogP contribution in [0.2, 0.25) is 0 Å². The van der Waals surface area contributed by atoms with Gasteiger partial charge in [-0.1, -0.05) is 12.1 Å². The van der Waals surface area contributed by atoms with Gasteiger partial charge in [-0.05, 0) is 35.0 Å². The first-order chi connectivity index (χ1) is 7.58. The molecule has 17 heavy (non-hydrogen) atoms. The van der Waals surface area contributed by atoms with E-state index in [1.807, 2.05) is 0 Å². The highest BCUT2D eigenvalue weighted by Gasteiger charge is 2.06. The zero-order valence-corrected chi connectivity index (χ0v) is 8.88. The first-order valence-electron chi connectivity index (χ1n) is 4.58. The predicted molar refractivity (Wildman–Crippen MR) is 62.9 cm³/mol. The Morgan fingerprint density at radius 1 is 0.765 bits per heavy atom. The number of carboxylic acid groups (broad SMARTS) is 2. The van der Waals surface area contributed by atoms with Crippen molar-refractivity contribution >= 4 is 22.7 Å². The molecule has 88 valence electrons. The molecular formula is C12H11NO4. The summed E-state index contributed by atoms with van der Waals surface area (Å²) in [4.78, 5) is 21.5. The van der Waals surface area contributed by atoms with E-state index in [-0.39, 0.29) is 17.3 Å². The lowest BCUT2D eigenvalue weighted by Crippen LogP contribution is -1.97. The van der Waals surface area contributed by atoms with Crippen LogP contribution in [0.15, 0.2) is 36.4 Å². The highest BCUT2D eigenvalue weighted by atomic mass is 16.4. The van der Waals surface area contributed by atoms with E-state index in [0.717, 1.165) is 0 Å². The standard InChI is InChI=1S/C12H8O4.H3N/c13-11(14)9-3-1-7-5-10(12(15)16)4-2-8(7)6-9;/h1-6H,(H,13,14)(H,15,16);1H3. The first-order valence-corrected chi connectivity index (χ1v) is 4.58. The second kappa shape index (κ2) is 4.63. The molecule has 0 aliphatic rings. The Labute approximate surface area is 96.9 Å². The molecule has 2 aromatic carbocycles. The molecule has 0 atom stereocenters. The molecule has 0 radical (unpaired) electrons. The Morgan fingerprint density at radius 3 is 1.41 bits per heavy atom. The molecule has 0 fully saturated rings. The Morgan fingerprint density at radius 2 is 1.12 bits per heavy atom. The Hall–Kier alpha value is -2.40. The summed E-state index contributed by atoms with van der Waals surface area (Å²) < 4.78 is 0. The largest absolute Gasteiger partial charge is 0.478 e. The van der Waals surface area contributed by atoms with E-state index in [1.54, 1.807) is 12.1 Å². The van der Waals surface area contributed by atoms with Crippen LogP contribution in [-0.2, 0) is 0 Å². The number of aromatic carboxylic acids is 2. The number of carboxylic acids is 2. The molecule has 0 aliphatic heterocycles. The van der Waals surface area contributed by atoms with Crippen LogP contribution in [-0.4, -0.2) is 22.2 Å². The Kier molecular flexibility index (Phi) is 3.45. The van der Waals surface area contributed by atoms with E-state index in [1.165, 1.54) is 24.3 Å². The van der Waals surface area contributed by atoms with Crippen molar-refractivity contribution in [3.63, 3.8) is 0 Å². The number of hydrogen-bond donors (Lipinski definition) is 3. The second-order valence-electron chi connectivity index (χ2n) is 3.39. The van der Waals surface area contributed by atoms with Gasteiger partial charge in [-0.2, -0.15) is 0 Å². The van der Waals surface area contributed by atoms with Gasteiger partial charge in [-0.3, -0.25) is 0 Å². The van der Waals surface area contributed by atoms with Gasteiger partial charge in [0, 0.05) is 0 Å². The summed E-state index contributed by atoms with van der Waals surface area (Å²) >= 11 is 0. The van der Waals surface area contributed by atoms with Crippen molar-refractivity contribution in [1.29, 1.82) is 0 Å². The smallest absolute Gasteiger partial charge is 0.335 e. The Bertz CT molecular complexity index is 539. The third kappa shape index (κ3) is 2.40. The van der Waals surface area contributed by atoms with Crippen molar-refractivity contribution in [2.75, 3.05) is 0 Å². The van der Waals surface area contributed by atoms with Gasteiger partial charge < -0.3 is 16.4 Å². The van der Waals surface area contributed by atoms with Gasteiger partial charge in [-0.15, -0.1) is 0 Å². The van der Waals surface area contributed by atoms with Gasteiger partial charge in [0.05, 0.1) is 11.1 Å². The van der Waals surface area contributed by atoms with Crippen molar-refractivity contribution in [3.05, 3.63) is 47.5 Å². The van der Waals surface area contributed by atoms with Crippen molar-refractivity contribution in [2.45, 2.75) is 0 Å². The van der Waals surface area contributed by atoms with E-state index in [0.29, 0.717) is 10.8 Å².